The lowest BCUT2D eigenvalue weighted by molar-refractivity contribution is -0.133. The quantitative estimate of drug-likeness (QED) is 0.156. The zero-order valence-electron chi connectivity index (χ0n) is 21.1. The van der Waals surface area contributed by atoms with Gasteiger partial charge in [0, 0.05) is 29.1 Å². The number of carbonyl (C=O) groups excluding carboxylic acids is 1. The van der Waals surface area contributed by atoms with Crippen LogP contribution in [0.4, 0.5) is 5.69 Å². The Hall–Kier alpha value is -3.16. The highest BCUT2D eigenvalue weighted by Crippen LogP contribution is 2.20. The van der Waals surface area contributed by atoms with Gasteiger partial charge in [-0.05, 0) is 101 Å². The van der Waals surface area contributed by atoms with E-state index >= 15 is 0 Å². The average molecular weight is 492 g/mol. The summed E-state index contributed by atoms with van der Waals surface area (Å²) in [6, 6.07) is 15.7. The zero-order chi connectivity index (χ0) is 25.3. The van der Waals surface area contributed by atoms with Crippen LogP contribution in [0, 0.1) is 12.8 Å². The Balaban J connectivity index is 1.31. The molecule has 2 heterocycles. The topological polar surface area (TPSA) is 94.8 Å². The van der Waals surface area contributed by atoms with Gasteiger partial charge in [-0.3, -0.25) is 10.0 Å². The first-order valence-corrected chi connectivity index (χ1v) is 13.0. The van der Waals surface area contributed by atoms with Gasteiger partial charge in [0.1, 0.15) is 5.58 Å². The highest BCUT2D eigenvalue weighted by atomic mass is 16.5. The van der Waals surface area contributed by atoms with Gasteiger partial charge >= 0.3 is 5.63 Å². The molecule has 192 valence electrons. The Labute approximate surface area is 212 Å². The predicted octanol–water partition coefficient (Wildman–Crippen LogP) is 4.69. The molecule has 0 aliphatic carbocycles. The molecule has 3 N–H and O–H groups in total. The molecular formula is C29H37N3O4. The lowest BCUT2D eigenvalue weighted by Crippen LogP contribution is -2.31. The summed E-state index contributed by atoms with van der Waals surface area (Å²) in [6.45, 7) is 6.53. The van der Waals surface area contributed by atoms with Crippen LogP contribution >= 0.6 is 0 Å². The number of nitrogens with one attached hydrogen (secondary N) is 2. The smallest absolute Gasteiger partial charge is 0.339 e. The van der Waals surface area contributed by atoms with E-state index in [4.69, 9.17) is 4.42 Å². The van der Waals surface area contributed by atoms with Crippen LogP contribution in [-0.2, 0) is 17.6 Å². The SMILES string of the molecule is Cc1ccc2oc(=O)c(CC(CCc3ccc(NCCCN4CCCCC4)cc3)C(=O)NO)cc2c1. The van der Waals surface area contributed by atoms with Crippen LogP contribution < -0.4 is 16.4 Å². The minimum atomic E-state index is -0.548. The van der Waals surface area contributed by atoms with E-state index in [-0.39, 0.29) is 6.42 Å². The number of aryl methyl sites for hydroxylation is 2. The zero-order valence-corrected chi connectivity index (χ0v) is 21.1. The second kappa shape index (κ2) is 12.7. The minimum Gasteiger partial charge on any atom is -0.423 e. The first-order chi connectivity index (χ1) is 17.5. The summed E-state index contributed by atoms with van der Waals surface area (Å²) in [6.07, 6.45) is 6.50. The minimum absolute atomic E-state index is 0.204. The first-order valence-electron chi connectivity index (χ1n) is 13.0. The van der Waals surface area contributed by atoms with Gasteiger partial charge in [-0.15, -0.1) is 0 Å². The monoisotopic (exact) mass is 491 g/mol. The van der Waals surface area contributed by atoms with Gasteiger partial charge < -0.3 is 14.6 Å². The van der Waals surface area contributed by atoms with Gasteiger partial charge in [-0.25, -0.2) is 10.3 Å². The highest BCUT2D eigenvalue weighted by Gasteiger charge is 2.21. The molecule has 3 aromatic rings. The maximum atomic E-state index is 12.5. The van der Waals surface area contributed by atoms with Crippen molar-refractivity contribution in [2.45, 2.75) is 51.9 Å². The van der Waals surface area contributed by atoms with Gasteiger partial charge in [-0.2, -0.15) is 0 Å². The highest BCUT2D eigenvalue weighted by molar-refractivity contribution is 5.79. The summed E-state index contributed by atoms with van der Waals surface area (Å²) in [4.78, 5) is 27.4. The molecule has 1 amide bonds. The third-order valence-corrected chi connectivity index (χ3v) is 7.07. The molecule has 1 atom stereocenters. The number of anilines is 1. The van der Waals surface area contributed by atoms with Crippen molar-refractivity contribution < 1.29 is 14.4 Å². The van der Waals surface area contributed by atoms with Crippen molar-refractivity contribution in [3.05, 3.63) is 75.6 Å². The molecule has 0 radical (unpaired) electrons. The van der Waals surface area contributed by atoms with Gasteiger partial charge in [0.15, 0.2) is 0 Å². The molecule has 1 aliphatic heterocycles. The molecule has 7 nitrogen and oxygen atoms in total. The van der Waals surface area contributed by atoms with E-state index in [2.05, 4.69) is 34.5 Å². The summed E-state index contributed by atoms with van der Waals surface area (Å²) >= 11 is 0. The number of rotatable bonds is 11. The van der Waals surface area contributed by atoms with E-state index in [9.17, 15) is 14.8 Å². The maximum absolute atomic E-state index is 12.5. The molecule has 7 heteroatoms. The Bertz CT molecular complexity index is 1200. The van der Waals surface area contributed by atoms with Crippen molar-refractivity contribution in [3.8, 4) is 0 Å². The van der Waals surface area contributed by atoms with Crippen LogP contribution in [0.25, 0.3) is 11.0 Å². The number of hydrogen-bond donors (Lipinski definition) is 3. The van der Waals surface area contributed by atoms with E-state index in [1.54, 1.807) is 17.6 Å². The van der Waals surface area contributed by atoms with Crippen LogP contribution in [0.5, 0.6) is 0 Å². The van der Waals surface area contributed by atoms with Crippen LogP contribution in [-0.4, -0.2) is 42.2 Å². The molecule has 1 saturated heterocycles. The number of benzene rings is 2. The number of hydrogen-bond acceptors (Lipinski definition) is 6. The normalized spacial score (nSPS) is 15.1. The van der Waals surface area contributed by atoms with Gasteiger partial charge in [0.05, 0.1) is 0 Å². The van der Waals surface area contributed by atoms with Crippen LogP contribution in [0.3, 0.4) is 0 Å². The van der Waals surface area contributed by atoms with E-state index < -0.39 is 17.5 Å². The van der Waals surface area contributed by atoms with Crippen LogP contribution in [0.2, 0.25) is 0 Å². The number of piperidine rings is 1. The van der Waals surface area contributed by atoms with Gasteiger partial charge in [0.25, 0.3) is 0 Å². The fraction of sp³-hybridized carbons (Fsp3) is 0.448. The molecule has 36 heavy (non-hydrogen) atoms. The van der Waals surface area contributed by atoms with E-state index in [0.29, 0.717) is 24.0 Å². The van der Waals surface area contributed by atoms with E-state index in [0.717, 1.165) is 41.7 Å². The largest absolute Gasteiger partial charge is 0.423 e. The lowest BCUT2D eigenvalue weighted by atomic mass is 9.92. The molecule has 1 aromatic heterocycles. The fourth-order valence-electron chi connectivity index (χ4n) is 4.96. The number of carbonyl (C=O) groups is 1. The fourth-order valence-corrected chi connectivity index (χ4v) is 4.96. The summed E-state index contributed by atoms with van der Waals surface area (Å²) in [5.41, 5.74) is 5.53. The summed E-state index contributed by atoms with van der Waals surface area (Å²) in [5.74, 6) is -1.04. The van der Waals surface area contributed by atoms with Crippen LogP contribution in [0.1, 0.15) is 48.8 Å². The predicted molar refractivity (Wildman–Crippen MR) is 143 cm³/mol. The summed E-state index contributed by atoms with van der Waals surface area (Å²) in [7, 11) is 0. The van der Waals surface area contributed by atoms with Gasteiger partial charge in [-0.1, -0.05) is 30.2 Å². The first kappa shape index (κ1) is 25.9. The Morgan fingerprint density at radius 3 is 2.61 bits per heavy atom. The second-order valence-corrected chi connectivity index (χ2v) is 9.90. The van der Waals surface area contributed by atoms with Crippen molar-refractivity contribution in [3.63, 3.8) is 0 Å². The third-order valence-electron chi connectivity index (χ3n) is 7.07. The number of nitrogens with zero attached hydrogens (tertiary/aromatic N) is 1. The summed E-state index contributed by atoms with van der Waals surface area (Å²) in [5, 5.41) is 13.6. The summed E-state index contributed by atoms with van der Waals surface area (Å²) < 4.78 is 5.45. The standard InChI is InChI=1S/C29H37N3O4/c1-21-6-13-27-24(18-21)20-25(29(34)36-27)19-23(28(33)31-35)10-7-22-8-11-26(12-9-22)30-14-5-17-32-15-3-2-4-16-32/h6,8-9,11-13,18,20,23,30,35H,2-5,7,10,14-17,19H2,1H3,(H,31,33). The van der Waals surface area contributed by atoms with Crippen molar-refractivity contribution in [1.82, 2.24) is 10.4 Å². The van der Waals surface area contributed by atoms with Gasteiger partial charge in [0.2, 0.25) is 5.91 Å². The van der Waals surface area contributed by atoms with Crippen molar-refractivity contribution in [2.24, 2.45) is 5.92 Å². The Morgan fingerprint density at radius 2 is 1.86 bits per heavy atom. The molecule has 0 saturated carbocycles. The van der Waals surface area contributed by atoms with Crippen LogP contribution in [0.15, 0.2) is 57.7 Å². The molecule has 1 aliphatic rings. The Kier molecular flexibility index (Phi) is 9.14. The van der Waals surface area contributed by atoms with Crippen molar-refractivity contribution in [1.29, 1.82) is 0 Å². The lowest BCUT2D eigenvalue weighted by Gasteiger charge is -2.26. The van der Waals surface area contributed by atoms with E-state index in [1.165, 1.54) is 32.4 Å². The molecule has 0 bridgehead atoms. The average Bonchev–Trinajstić information content (AvgIpc) is 2.90. The number of fused-ring (bicyclic) bond motifs is 1. The molecule has 0 spiro atoms. The number of amides is 1. The maximum Gasteiger partial charge on any atom is 0.339 e. The number of likely N-dealkylation sites (tertiary alicyclic amines) is 1. The molecule has 2 aromatic carbocycles. The molecular weight excluding hydrogens is 454 g/mol. The Morgan fingerprint density at radius 1 is 1.08 bits per heavy atom. The molecule has 4 rings (SSSR count). The second-order valence-electron chi connectivity index (χ2n) is 9.90. The molecule has 1 fully saturated rings. The van der Waals surface area contributed by atoms with Crippen molar-refractivity contribution in [2.75, 3.05) is 31.5 Å². The molecule has 1 unspecified atom stereocenters. The third kappa shape index (κ3) is 7.18. The van der Waals surface area contributed by atoms with Crippen molar-refractivity contribution >= 4 is 22.6 Å². The number of hydroxylamine groups is 1. The van der Waals surface area contributed by atoms with E-state index in [1.807, 2.05) is 19.1 Å².